The van der Waals surface area contributed by atoms with Gasteiger partial charge in [-0.15, -0.1) is 10.2 Å². The van der Waals surface area contributed by atoms with E-state index in [-0.39, 0.29) is 11.8 Å². The van der Waals surface area contributed by atoms with Gasteiger partial charge in [-0.3, -0.25) is 4.79 Å². The number of carbonyl (C=O) groups excluding carboxylic acids is 1. The van der Waals surface area contributed by atoms with Crippen molar-refractivity contribution in [3.8, 4) is 0 Å². The summed E-state index contributed by atoms with van der Waals surface area (Å²) in [5, 5.41) is 11.2. The van der Waals surface area contributed by atoms with Gasteiger partial charge >= 0.3 is 0 Å². The first kappa shape index (κ1) is 14.3. The van der Waals surface area contributed by atoms with Gasteiger partial charge in [0.2, 0.25) is 5.91 Å². The zero-order valence-electron chi connectivity index (χ0n) is 12.3. The number of nitrogens with one attached hydrogen (secondary N) is 1. The monoisotopic (exact) mass is 290 g/mol. The Hall–Kier alpha value is -1.69. The molecule has 2 saturated heterocycles. The molecule has 2 aliphatic heterocycles. The van der Waals surface area contributed by atoms with Crippen molar-refractivity contribution in [3.63, 3.8) is 0 Å². The van der Waals surface area contributed by atoms with Gasteiger partial charge in [-0.05, 0) is 44.2 Å². The molecule has 2 aliphatic rings. The molecule has 0 unspecified atom stereocenters. The summed E-state index contributed by atoms with van der Waals surface area (Å²) in [6.07, 6.45) is 5.28. The minimum Gasteiger partial charge on any atom is -0.381 e. The number of rotatable bonds is 3. The minimum absolute atomic E-state index is 0.0262. The number of ether oxygens (including phenoxy) is 1. The third-order valence-corrected chi connectivity index (χ3v) is 4.17. The van der Waals surface area contributed by atoms with Crippen LogP contribution in [-0.2, 0) is 9.53 Å². The van der Waals surface area contributed by atoms with Gasteiger partial charge in [0.05, 0.1) is 0 Å². The SMILES string of the molecule is O=C(Nc1ccc(N2CCCCC2)nn1)C1CCOCC1. The van der Waals surface area contributed by atoms with Crippen LogP contribution < -0.4 is 10.2 Å². The Morgan fingerprint density at radius 3 is 2.57 bits per heavy atom. The minimum atomic E-state index is 0.0262. The highest BCUT2D eigenvalue weighted by molar-refractivity contribution is 5.91. The molecule has 21 heavy (non-hydrogen) atoms. The zero-order chi connectivity index (χ0) is 14.5. The van der Waals surface area contributed by atoms with Crippen molar-refractivity contribution < 1.29 is 9.53 Å². The molecule has 6 heteroatoms. The predicted molar refractivity (Wildman–Crippen MR) is 80.3 cm³/mol. The van der Waals surface area contributed by atoms with E-state index in [2.05, 4.69) is 20.4 Å². The summed E-state index contributed by atoms with van der Waals surface area (Å²) < 4.78 is 5.27. The summed E-state index contributed by atoms with van der Waals surface area (Å²) >= 11 is 0. The molecule has 2 fully saturated rings. The Bertz CT molecular complexity index is 465. The van der Waals surface area contributed by atoms with E-state index in [0.717, 1.165) is 31.7 Å². The summed E-state index contributed by atoms with van der Waals surface area (Å²) in [6, 6.07) is 3.78. The third-order valence-electron chi connectivity index (χ3n) is 4.17. The highest BCUT2D eigenvalue weighted by atomic mass is 16.5. The predicted octanol–water partition coefficient (Wildman–Crippen LogP) is 1.83. The van der Waals surface area contributed by atoms with Crippen LogP contribution in [0.5, 0.6) is 0 Å². The first-order valence-corrected chi connectivity index (χ1v) is 7.80. The molecule has 0 saturated carbocycles. The number of carbonyl (C=O) groups is 1. The lowest BCUT2D eigenvalue weighted by Gasteiger charge is -2.27. The van der Waals surface area contributed by atoms with Gasteiger partial charge < -0.3 is 15.0 Å². The Kier molecular flexibility index (Phi) is 4.65. The van der Waals surface area contributed by atoms with E-state index in [9.17, 15) is 4.79 Å². The molecule has 0 atom stereocenters. The maximum Gasteiger partial charge on any atom is 0.228 e. The molecular formula is C15H22N4O2. The average Bonchev–Trinajstić information content (AvgIpc) is 2.57. The molecule has 1 aromatic rings. The maximum atomic E-state index is 12.1. The quantitative estimate of drug-likeness (QED) is 0.920. The molecule has 0 aromatic carbocycles. The summed E-state index contributed by atoms with van der Waals surface area (Å²) in [4.78, 5) is 14.4. The van der Waals surface area contributed by atoms with Crippen LogP contribution in [0.3, 0.4) is 0 Å². The van der Waals surface area contributed by atoms with E-state index in [1.165, 1.54) is 19.3 Å². The summed E-state index contributed by atoms with van der Waals surface area (Å²) in [6.45, 7) is 3.42. The van der Waals surface area contributed by atoms with Crippen molar-refractivity contribution >= 4 is 17.5 Å². The van der Waals surface area contributed by atoms with Crippen molar-refractivity contribution in [2.24, 2.45) is 5.92 Å². The number of aromatic nitrogens is 2. The first-order chi connectivity index (χ1) is 10.3. The second-order valence-electron chi connectivity index (χ2n) is 5.70. The van der Waals surface area contributed by atoms with Gasteiger partial charge in [0, 0.05) is 32.2 Å². The zero-order valence-corrected chi connectivity index (χ0v) is 12.3. The molecule has 1 aromatic heterocycles. The Morgan fingerprint density at radius 2 is 1.90 bits per heavy atom. The number of piperidine rings is 1. The molecule has 0 radical (unpaired) electrons. The van der Waals surface area contributed by atoms with E-state index in [0.29, 0.717) is 19.0 Å². The molecule has 0 aliphatic carbocycles. The van der Waals surface area contributed by atoms with Crippen molar-refractivity contribution in [1.82, 2.24) is 10.2 Å². The van der Waals surface area contributed by atoms with Gasteiger partial charge in [0.25, 0.3) is 0 Å². The lowest BCUT2D eigenvalue weighted by Crippen LogP contribution is -2.31. The van der Waals surface area contributed by atoms with Crippen LogP contribution in [0.4, 0.5) is 11.6 Å². The fourth-order valence-electron chi connectivity index (χ4n) is 2.87. The molecule has 3 heterocycles. The van der Waals surface area contributed by atoms with Crippen molar-refractivity contribution in [1.29, 1.82) is 0 Å². The van der Waals surface area contributed by atoms with Crippen LogP contribution in [0.1, 0.15) is 32.1 Å². The lowest BCUT2D eigenvalue weighted by molar-refractivity contribution is -0.122. The summed E-state index contributed by atoms with van der Waals surface area (Å²) in [5.41, 5.74) is 0. The van der Waals surface area contributed by atoms with Crippen LogP contribution in [-0.4, -0.2) is 42.4 Å². The molecule has 1 N–H and O–H groups in total. The molecule has 0 bridgehead atoms. The van der Waals surface area contributed by atoms with Gasteiger partial charge in [-0.2, -0.15) is 0 Å². The molecule has 114 valence electrons. The normalized spacial score (nSPS) is 20.3. The van der Waals surface area contributed by atoms with Gasteiger partial charge in [0.1, 0.15) is 0 Å². The van der Waals surface area contributed by atoms with Gasteiger partial charge in [0.15, 0.2) is 11.6 Å². The van der Waals surface area contributed by atoms with Gasteiger partial charge in [-0.25, -0.2) is 0 Å². The molecule has 6 nitrogen and oxygen atoms in total. The van der Waals surface area contributed by atoms with E-state index < -0.39 is 0 Å². The van der Waals surface area contributed by atoms with Gasteiger partial charge in [-0.1, -0.05) is 0 Å². The number of amides is 1. The van der Waals surface area contributed by atoms with E-state index in [1.807, 2.05) is 12.1 Å². The lowest BCUT2D eigenvalue weighted by atomic mass is 9.99. The Balaban J connectivity index is 1.57. The van der Waals surface area contributed by atoms with Crippen LogP contribution in [0.2, 0.25) is 0 Å². The van der Waals surface area contributed by atoms with Crippen molar-refractivity contribution in [2.75, 3.05) is 36.5 Å². The van der Waals surface area contributed by atoms with Crippen molar-refractivity contribution in [3.05, 3.63) is 12.1 Å². The number of hydrogen-bond acceptors (Lipinski definition) is 5. The molecule has 3 rings (SSSR count). The van der Waals surface area contributed by atoms with Crippen LogP contribution in [0.15, 0.2) is 12.1 Å². The largest absolute Gasteiger partial charge is 0.381 e. The second kappa shape index (κ2) is 6.85. The van der Waals surface area contributed by atoms with Crippen LogP contribution in [0.25, 0.3) is 0 Å². The maximum absolute atomic E-state index is 12.1. The van der Waals surface area contributed by atoms with Crippen molar-refractivity contribution in [2.45, 2.75) is 32.1 Å². The van der Waals surface area contributed by atoms with E-state index in [4.69, 9.17) is 4.74 Å². The molecule has 1 amide bonds. The molecule has 0 spiro atoms. The highest BCUT2D eigenvalue weighted by Crippen LogP contribution is 2.19. The number of anilines is 2. The topological polar surface area (TPSA) is 67.4 Å². The Labute approximate surface area is 124 Å². The smallest absolute Gasteiger partial charge is 0.228 e. The summed E-state index contributed by atoms with van der Waals surface area (Å²) in [7, 11) is 0. The van der Waals surface area contributed by atoms with Crippen LogP contribution >= 0.6 is 0 Å². The van der Waals surface area contributed by atoms with Crippen LogP contribution in [0, 0.1) is 5.92 Å². The second-order valence-corrected chi connectivity index (χ2v) is 5.70. The molecular weight excluding hydrogens is 268 g/mol. The average molecular weight is 290 g/mol. The highest BCUT2D eigenvalue weighted by Gasteiger charge is 2.22. The summed E-state index contributed by atoms with van der Waals surface area (Å²) in [5.74, 6) is 1.49. The Morgan fingerprint density at radius 1 is 1.14 bits per heavy atom. The number of hydrogen-bond donors (Lipinski definition) is 1. The first-order valence-electron chi connectivity index (χ1n) is 7.80. The number of nitrogens with zero attached hydrogens (tertiary/aromatic N) is 3. The van der Waals surface area contributed by atoms with E-state index in [1.54, 1.807) is 0 Å². The van der Waals surface area contributed by atoms with E-state index >= 15 is 0 Å². The fourth-order valence-corrected chi connectivity index (χ4v) is 2.87. The standard InChI is InChI=1S/C15H22N4O2/c20-15(12-6-10-21-11-7-12)16-13-4-5-14(18-17-13)19-8-2-1-3-9-19/h4-5,12H,1-3,6-11H2,(H,16,17,20). The third kappa shape index (κ3) is 3.69. The fraction of sp³-hybridized carbons (Fsp3) is 0.667.